The third kappa shape index (κ3) is 2.25. The maximum absolute atomic E-state index is 13.1. The zero-order chi connectivity index (χ0) is 17.8. The Morgan fingerprint density at radius 1 is 1.20 bits per heavy atom. The Balaban J connectivity index is 1.77. The van der Waals surface area contributed by atoms with Gasteiger partial charge in [-0.15, -0.1) is 0 Å². The Labute approximate surface area is 152 Å². The fourth-order valence-corrected chi connectivity index (χ4v) is 6.91. The molecule has 4 atom stereocenters. The molecule has 0 N–H and O–H groups in total. The third-order valence-corrected chi connectivity index (χ3v) is 8.32. The largest absolute Gasteiger partial charge is 0.497 e. The van der Waals surface area contributed by atoms with Crippen LogP contribution in [0.15, 0.2) is 18.2 Å². The van der Waals surface area contributed by atoms with Gasteiger partial charge in [0.1, 0.15) is 11.5 Å². The van der Waals surface area contributed by atoms with Crippen molar-refractivity contribution in [3.63, 3.8) is 0 Å². The average Bonchev–Trinajstić information content (AvgIpc) is 2.88. The van der Waals surface area contributed by atoms with Crippen LogP contribution < -0.4 is 4.74 Å². The topological polar surface area (TPSA) is 26.3 Å². The first-order valence-electron chi connectivity index (χ1n) is 10.2. The van der Waals surface area contributed by atoms with Gasteiger partial charge in [0.15, 0.2) is 0 Å². The summed E-state index contributed by atoms with van der Waals surface area (Å²) < 4.78 is 5.44. The first kappa shape index (κ1) is 17.1. The van der Waals surface area contributed by atoms with Gasteiger partial charge in [-0.3, -0.25) is 4.79 Å². The van der Waals surface area contributed by atoms with Crippen LogP contribution in [0.2, 0.25) is 0 Å². The number of hydrogen-bond donors (Lipinski definition) is 0. The second-order valence-corrected chi connectivity index (χ2v) is 8.98. The zero-order valence-electron chi connectivity index (χ0n) is 16.2. The molecule has 136 valence electrons. The molecular weight excluding hydrogens is 308 g/mol. The number of hydrogen-bond acceptors (Lipinski definition) is 2. The summed E-state index contributed by atoms with van der Waals surface area (Å²) in [6.45, 7) is 6.92. The normalized spacial score (nSPS) is 35.7. The average molecular weight is 341 g/mol. The van der Waals surface area contributed by atoms with Crippen molar-refractivity contribution in [3.05, 3.63) is 29.3 Å². The molecule has 0 radical (unpaired) electrons. The van der Waals surface area contributed by atoms with E-state index in [4.69, 9.17) is 4.74 Å². The number of Topliss-reactive ketones (excluding diaryl/α,β-unsaturated/α-hetero) is 1. The fraction of sp³-hybridized carbons (Fsp3) is 0.696. The minimum absolute atomic E-state index is 0.0723. The molecule has 0 bridgehead atoms. The van der Waals surface area contributed by atoms with Crippen LogP contribution in [0, 0.1) is 22.7 Å². The highest BCUT2D eigenvalue weighted by molar-refractivity contribution is 5.88. The SMILES string of the molecule is CCC1(CC)CC(=O)[C@@]2(C)CC[C@@H]3c4ccc(OC)cc4CC[C@H]3[C@H]12. The van der Waals surface area contributed by atoms with E-state index >= 15 is 0 Å². The summed E-state index contributed by atoms with van der Waals surface area (Å²) in [5.74, 6) is 3.41. The van der Waals surface area contributed by atoms with Gasteiger partial charge < -0.3 is 4.74 Å². The molecule has 4 rings (SSSR count). The number of aryl methyl sites for hydroxylation is 1. The van der Waals surface area contributed by atoms with Crippen molar-refractivity contribution >= 4 is 5.78 Å². The summed E-state index contributed by atoms with van der Waals surface area (Å²) in [5, 5.41) is 0. The van der Waals surface area contributed by atoms with Crippen LogP contribution in [0.1, 0.15) is 76.3 Å². The van der Waals surface area contributed by atoms with Gasteiger partial charge >= 0.3 is 0 Å². The molecular formula is C23H32O2. The van der Waals surface area contributed by atoms with Gasteiger partial charge in [0.25, 0.3) is 0 Å². The van der Waals surface area contributed by atoms with Crippen molar-refractivity contribution in [1.29, 1.82) is 0 Å². The molecule has 2 heteroatoms. The highest BCUT2D eigenvalue weighted by Gasteiger charge is 2.63. The number of carbonyl (C=O) groups excluding carboxylic acids is 1. The lowest BCUT2D eigenvalue weighted by Crippen LogP contribution is -2.47. The lowest BCUT2D eigenvalue weighted by Gasteiger charge is -2.53. The monoisotopic (exact) mass is 340 g/mol. The van der Waals surface area contributed by atoms with Gasteiger partial charge in [-0.1, -0.05) is 26.8 Å². The van der Waals surface area contributed by atoms with E-state index in [2.05, 4.69) is 39.0 Å². The molecule has 0 amide bonds. The minimum atomic E-state index is -0.0723. The number of fused-ring (bicyclic) bond motifs is 5. The van der Waals surface area contributed by atoms with Crippen LogP contribution >= 0.6 is 0 Å². The van der Waals surface area contributed by atoms with Gasteiger partial charge in [-0.25, -0.2) is 0 Å². The Morgan fingerprint density at radius 2 is 1.96 bits per heavy atom. The molecule has 2 nitrogen and oxygen atoms in total. The van der Waals surface area contributed by atoms with E-state index in [-0.39, 0.29) is 10.8 Å². The number of benzene rings is 1. The van der Waals surface area contributed by atoms with Crippen molar-refractivity contribution in [3.8, 4) is 5.75 Å². The van der Waals surface area contributed by atoms with Gasteiger partial charge in [-0.05, 0) is 85.0 Å². The molecule has 0 aromatic heterocycles. The Bertz CT molecular complexity index is 687. The lowest BCUT2D eigenvalue weighted by molar-refractivity contribution is -0.129. The maximum Gasteiger partial charge on any atom is 0.139 e. The van der Waals surface area contributed by atoms with Crippen molar-refractivity contribution in [1.82, 2.24) is 0 Å². The van der Waals surface area contributed by atoms with Crippen molar-refractivity contribution in [2.45, 2.75) is 71.6 Å². The molecule has 3 aliphatic rings. The Morgan fingerprint density at radius 3 is 2.64 bits per heavy atom. The lowest BCUT2D eigenvalue weighted by atomic mass is 9.50. The quantitative estimate of drug-likeness (QED) is 0.722. The molecule has 0 aliphatic heterocycles. The van der Waals surface area contributed by atoms with Crippen molar-refractivity contribution in [2.24, 2.45) is 22.7 Å². The first-order chi connectivity index (χ1) is 12.0. The van der Waals surface area contributed by atoms with Gasteiger partial charge in [0.05, 0.1) is 7.11 Å². The summed E-state index contributed by atoms with van der Waals surface area (Å²) in [6.07, 6.45) is 7.73. The smallest absolute Gasteiger partial charge is 0.139 e. The molecule has 3 aliphatic carbocycles. The molecule has 2 saturated carbocycles. The third-order valence-electron chi connectivity index (χ3n) is 8.32. The van der Waals surface area contributed by atoms with Crippen molar-refractivity contribution in [2.75, 3.05) is 7.11 Å². The highest BCUT2D eigenvalue weighted by atomic mass is 16.5. The minimum Gasteiger partial charge on any atom is -0.497 e. The predicted molar refractivity (Wildman–Crippen MR) is 101 cm³/mol. The fourth-order valence-electron chi connectivity index (χ4n) is 6.91. The van der Waals surface area contributed by atoms with Gasteiger partial charge in [0, 0.05) is 11.8 Å². The Kier molecular flexibility index (Phi) is 4.01. The predicted octanol–water partition coefficient (Wildman–Crippen LogP) is 5.54. The molecule has 25 heavy (non-hydrogen) atoms. The van der Waals surface area contributed by atoms with Crippen LogP contribution in [0.3, 0.4) is 0 Å². The second-order valence-electron chi connectivity index (χ2n) is 8.98. The van der Waals surface area contributed by atoms with E-state index in [1.807, 2.05) is 0 Å². The first-order valence-corrected chi connectivity index (χ1v) is 10.2. The van der Waals surface area contributed by atoms with Crippen LogP contribution in [0.4, 0.5) is 0 Å². The van der Waals surface area contributed by atoms with Crippen LogP contribution in [0.5, 0.6) is 5.75 Å². The molecule has 1 aromatic carbocycles. The molecule has 2 fully saturated rings. The van der Waals surface area contributed by atoms with Crippen LogP contribution in [-0.4, -0.2) is 12.9 Å². The van der Waals surface area contributed by atoms with E-state index in [0.29, 0.717) is 23.5 Å². The van der Waals surface area contributed by atoms with E-state index in [1.165, 1.54) is 18.4 Å². The molecule has 1 aromatic rings. The summed E-state index contributed by atoms with van der Waals surface area (Å²) in [7, 11) is 1.75. The summed E-state index contributed by atoms with van der Waals surface area (Å²) in [5.41, 5.74) is 3.18. The van der Waals surface area contributed by atoms with E-state index < -0.39 is 0 Å². The highest BCUT2D eigenvalue weighted by Crippen LogP contribution is 2.67. The molecule has 0 heterocycles. The summed E-state index contributed by atoms with van der Waals surface area (Å²) in [6, 6.07) is 6.68. The van der Waals surface area contributed by atoms with Gasteiger partial charge in [-0.2, -0.15) is 0 Å². The summed E-state index contributed by atoms with van der Waals surface area (Å²) >= 11 is 0. The van der Waals surface area contributed by atoms with E-state index in [1.54, 1.807) is 12.7 Å². The van der Waals surface area contributed by atoms with Crippen LogP contribution in [0.25, 0.3) is 0 Å². The van der Waals surface area contributed by atoms with Crippen molar-refractivity contribution < 1.29 is 9.53 Å². The number of rotatable bonds is 3. The second kappa shape index (κ2) is 5.86. The maximum atomic E-state index is 13.1. The standard InChI is InChI=1S/C23H32O2/c1-5-23(6-2)14-20(24)22(3)12-11-18-17-10-8-16(25-4)13-15(17)7-9-19(18)21(22)23/h8,10,13,18-19,21H,5-7,9,11-12,14H2,1-4H3/t18-,19-,21+,22-/m1/s1. The van der Waals surface area contributed by atoms with E-state index in [9.17, 15) is 4.79 Å². The molecule has 0 saturated heterocycles. The number of ether oxygens (including phenoxy) is 1. The van der Waals surface area contributed by atoms with Crippen LogP contribution in [-0.2, 0) is 11.2 Å². The number of ketones is 1. The Hall–Kier alpha value is -1.31. The number of methoxy groups -OCH3 is 1. The summed E-state index contributed by atoms with van der Waals surface area (Å²) in [4.78, 5) is 13.1. The molecule has 0 spiro atoms. The number of carbonyl (C=O) groups is 1. The zero-order valence-corrected chi connectivity index (χ0v) is 16.2. The van der Waals surface area contributed by atoms with E-state index in [0.717, 1.165) is 37.9 Å². The molecule has 0 unspecified atom stereocenters. The van der Waals surface area contributed by atoms with Gasteiger partial charge in [0.2, 0.25) is 0 Å².